The van der Waals surface area contributed by atoms with Gasteiger partial charge in [-0.2, -0.15) is 0 Å². The average Bonchev–Trinajstić information content (AvgIpc) is 2.64. The number of aryl methyl sites for hydroxylation is 2. The first kappa shape index (κ1) is 18.7. The van der Waals surface area contributed by atoms with Crippen LogP contribution in [0.3, 0.4) is 0 Å². The number of Topliss-reactive ketones (excluding diaryl/α,β-unsaturated/α-hetero) is 1. The molecule has 0 bridgehead atoms. The molecule has 7 heteroatoms. The molecule has 0 amide bonds. The van der Waals surface area contributed by atoms with Crippen LogP contribution in [-0.2, 0) is 6.42 Å². The maximum absolute atomic E-state index is 12.5. The highest BCUT2D eigenvalue weighted by atomic mass is 35.5. The van der Waals surface area contributed by atoms with Crippen molar-refractivity contribution in [1.29, 1.82) is 0 Å². The summed E-state index contributed by atoms with van der Waals surface area (Å²) >= 11 is 5.87. The fourth-order valence-electron chi connectivity index (χ4n) is 2.65. The lowest BCUT2D eigenvalue weighted by Gasteiger charge is -2.06. The Balaban J connectivity index is 1.83. The van der Waals surface area contributed by atoms with Gasteiger partial charge in [-0.3, -0.25) is 14.9 Å². The number of rotatable bonds is 5. The van der Waals surface area contributed by atoms with Crippen molar-refractivity contribution in [2.24, 2.45) is 0 Å². The summed E-state index contributed by atoms with van der Waals surface area (Å²) in [5.41, 5.74) is 3.86. The van der Waals surface area contributed by atoms with E-state index in [-0.39, 0.29) is 22.7 Å². The van der Waals surface area contributed by atoms with E-state index in [1.807, 2.05) is 32.0 Å². The minimum Gasteiger partial charge on any atom is -0.293 e. The molecule has 0 atom stereocenters. The van der Waals surface area contributed by atoms with Crippen LogP contribution < -0.4 is 0 Å². The van der Waals surface area contributed by atoms with Crippen molar-refractivity contribution in [3.8, 4) is 11.1 Å². The van der Waals surface area contributed by atoms with Crippen molar-refractivity contribution < 1.29 is 9.72 Å². The van der Waals surface area contributed by atoms with E-state index in [9.17, 15) is 14.9 Å². The maximum Gasteiger partial charge on any atom is 0.280 e. The number of hydrogen-bond donors (Lipinski definition) is 0. The number of nitrogens with zero attached hydrogens (tertiary/aromatic N) is 3. The van der Waals surface area contributed by atoms with Gasteiger partial charge in [-0.25, -0.2) is 9.97 Å². The van der Waals surface area contributed by atoms with Gasteiger partial charge in [-0.15, -0.1) is 0 Å². The molecule has 0 unspecified atom stereocenters. The van der Waals surface area contributed by atoms with Crippen molar-refractivity contribution >= 4 is 23.1 Å². The number of ketones is 1. The summed E-state index contributed by atoms with van der Waals surface area (Å²) in [4.78, 5) is 31.5. The summed E-state index contributed by atoms with van der Waals surface area (Å²) in [7, 11) is 0. The summed E-state index contributed by atoms with van der Waals surface area (Å²) in [6, 6.07) is 9.96. The molecule has 3 aromatic rings. The van der Waals surface area contributed by atoms with Crippen LogP contribution in [0.4, 0.5) is 5.69 Å². The minimum absolute atomic E-state index is 0.0469. The molecule has 1 heterocycles. The van der Waals surface area contributed by atoms with Gasteiger partial charge >= 0.3 is 0 Å². The summed E-state index contributed by atoms with van der Waals surface area (Å²) < 4.78 is 0. The molecule has 1 aromatic heterocycles. The van der Waals surface area contributed by atoms with Gasteiger partial charge < -0.3 is 0 Å². The van der Waals surface area contributed by atoms with Crippen molar-refractivity contribution in [3.05, 3.63) is 86.4 Å². The predicted octanol–water partition coefficient (Wildman–Crippen LogP) is 4.75. The molecule has 0 saturated carbocycles. The van der Waals surface area contributed by atoms with Gasteiger partial charge in [0.1, 0.15) is 5.82 Å². The van der Waals surface area contributed by atoms with Gasteiger partial charge in [-0.1, -0.05) is 29.8 Å². The van der Waals surface area contributed by atoms with Crippen LogP contribution in [0.5, 0.6) is 0 Å². The maximum atomic E-state index is 12.5. The van der Waals surface area contributed by atoms with Crippen LogP contribution in [0.1, 0.15) is 27.3 Å². The molecule has 0 spiro atoms. The molecular formula is C20H16ClN3O3. The molecule has 0 saturated heterocycles. The average molecular weight is 382 g/mol. The molecule has 0 fully saturated rings. The lowest BCUT2D eigenvalue weighted by Crippen LogP contribution is -2.09. The third kappa shape index (κ3) is 4.17. The third-order valence-corrected chi connectivity index (χ3v) is 4.56. The van der Waals surface area contributed by atoms with E-state index in [2.05, 4.69) is 9.97 Å². The number of halogens is 1. The van der Waals surface area contributed by atoms with Gasteiger partial charge in [0.05, 0.1) is 16.9 Å². The number of hydrogen-bond acceptors (Lipinski definition) is 5. The van der Waals surface area contributed by atoms with E-state index in [1.54, 1.807) is 12.4 Å². The number of nitro groups is 1. The Labute approximate surface area is 161 Å². The Morgan fingerprint density at radius 2 is 1.74 bits per heavy atom. The molecule has 0 aliphatic heterocycles. The van der Waals surface area contributed by atoms with Gasteiger partial charge in [0.15, 0.2) is 5.78 Å². The molecule has 27 heavy (non-hydrogen) atoms. The predicted molar refractivity (Wildman–Crippen MR) is 103 cm³/mol. The van der Waals surface area contributed by atoms with Gasteiger partial charge in [0.2, 0.25) is 0 Å². The van der Waals surface area contributed by atoms with E-state index in [0.717, 1.165) is 11.1 Å². The molecule has 6 nitrogen and oxygen atoms in total. The standard InChI is InChI=1S/C20H16ClN3O3/c1-12-3-4-14(7-13(12)2)15-10-22-20(23-11-15)9-19(25)17-8-16(21)5-6-18(17)24(26)27/h3-8,10-11H,9H2,1-2H3. The number of nitro benzene ring substituents is 1. The highest BCUT2D eigenvalue weighted by Gasteiger charge is 2.21. The zero-order chi connectivity index (χ0) is 19.6. The first-order chi connectivity index (χ1) is 12.8. The summed E-state index contributed by atoms with van der Waals surface area (Å²) in [6.45, 7) is 4.07. The highest BCUT2D eigenvalue weighted by Crippen LogP contribution is 2.24. The van der Waals surface area contributed by atoms with Gasteiger partial charge in [0.25, 0.3) is 5.69 Å². The molecule has 0 aliphatic carbocycles. The largest absolute Gasteiger partial charge is 0.293 e. The first-order valence-electron chi connectivity index (χ1n) is 8.21. The van der Waals surface area contributed by atoms with Crippen LogP contribution >= 0.6 is 11.6 Å². The zero-order valence-corrected chi connectivity index (χ0v) is 15.5. The summed E-state index contributed by atoms with van der Waals surface area (Å²) in [5, 5.41) is 11.4. The van der Waals surface area contributed by atoms with Crippen LogP contribution in [0, 0.1) is 24.0 Å². The molecule has 0 aliphatic rings. The van der Waals surface area contributed by atoms with Crippen molar-refractivity contribution in [1.82, 2.24) is 9.97 Å². The number of benzene rings is 2. The quantitative estimate of drug-likeness (QED) is 0.361. The normalized spacial score (nSPS) is 10.6. The second kappa shape index (κ2) is 7.63. The summed E-state index contributed by atoms with van der Waals surface area (Å²) in [5.74, 6) is -0.162. The van der Waals surface area contributed by atoms with Crippen LogP contribution in [0.15, 0.2) is 48.8 Å². The Hall–Kier alpha value is -3.12. The number of aromatic nitrogens is 2. The lowest BCUT2D eigenvalue weighted by molar-refractivity contribution is -0.385. The van der Waals surface area contributed by atoms with Crippen molar-refractivity contribution in [3.63, 3.8) is 0 Å². The third-order valence-electron chi connectivity index (χ3n) is 4.32. The van der Waals surface area contributed by atoms with Crippen LogP contribution in [0.2, 0.25) is 5.02 Å². The Morgan fingerprint density at radius 1 is 1.04 bits per heavy atom. The Morgan fingerprint density at radius 3 is 2.37 bits per heavy atom. The molecule has 136 valence electrons. The summed E-state index contributed by atoms with van der Waals surface area (Å²) in [6.07, 6.45) is 3.15. The van der Waals surface area contributed by atoms with Crippen LogP contribution in [-0.4, -0.2) is 20.7 Å². The minimum atomic E-state index is -0.604. The Bertz CT molecular complexity index is 1030. The van der Waals surface area contributed by atoms with E-state index >= 15 is 0 Å². The number of carbonyl (C=O) groups is 1. The second-order valence-corrected chi connectivity index (χ2v) is 6.64. The Kier molecular flexibility index (Phi) is 5.28. The van der Waals surface area contributed by atoms with E-state index in [0.29, 0.717) is 5.82 Å². The zero-order valence-electron chi connectivity index (χ0n) is 14.8. The highest BCUT2D eigenvalue weighted by molar-refractivity contribution is 6.31. The van der Waals surface area contributed by atoms with Crippen molar-refractivity contribution in [2.75, 3.05) is 0 Å². The number of carbonyl (C=O) groups excluding carboxylic acids is 1. The lowest BCUT2D eigenvalue weighted by atomic mass is 10.0. The van der Waals surface area contributed by atoms with Crippen molar-refractivity contribution in [2.45, 2.75) is 20.3 Å². The fourth-order valence-corrected chi connectivity index (χ4v) is 2.82. The van der Waals surface area contributed by atoms with Gasteiger partial charge in [-0.05, 0) is 42.7 Å². The molecule has 3 rings (SSSR count). The molecule has 2 aromatic carbocycles. The topological polar surface area (TPSA) is 86.0 Å². The van der Waals surface area contributed by atoms with E-state index < -0.39 is 10.7 Å². The van der Waals surface area contributed by atoms with E-state index in [1.165, 1.54) is 29.3 Å². The monoisotopic (exact) mass is 381 g/mol. The molecule has 0 radical (unpaired) electrons. The SMILES string of the molecule is Cc1ccc(-c2cnc(CC(=O)c3cc(Cl)ccc3[N+](=O)[O-])nc2)cc1C. The molecule has 0 N–H and O–H groups in total. The van der Waals surface area contributed by atoms with E-state index in [4.69, 9.17) is 11.6 Å². The first-order valence-corrected chi connectivity index (χ1v) is 8.58. The van der Waals surface area contributed by atoms with Gasteiger partial charge in [0, 0.05) is 29.0 Å². The van der Waals surface area contributed by atoms with Crippen LogP contribution in [0.25, 0.3) is 11.1 Å². The second-order valence-electron chi connectivity index (χ2n) is 6.21. The molecular weight excluding hydrogens is 366 g/mol. The smallest absolute Gasteiger partial charge is 0.280 e. The fraction of sp³-hybridized carbons (Fsp3) is 0.150.